The number of rotatable bonds is 2. The summed E-state index contributed by atoms with van der Waals surface area (Å²) >= 11 is 0. The summed E-state index contributed by atoms with van der Waals surface area (Å²) in [5, 5.41) is 13.8. The lowest BCUT2D eigenvalue weighted by Gasteiger charge is -2.06. The van der Waals surface area contributed by atoms with Crippen molar-refractivity contribution in [2.24, 2.45) is 0 Å². The van der Waals surface area contributed by atoms with Crippen molar-refractivity contribution in [1.82, 2.24) is 20.6 Å². The van der Waals surface area contributed by atoms with Crippen molar-refractivity contribution in [2.75, 3.05) is 0 Å². The van der Waals surface area contributed by atoms with Gasteiger partial charge in [-0.1, -0.05) is 48.5 Å². The number of aromatic nitrogens is 4. The monoisotopic (exact) mass is 236 g/mol. The van der Waals surface area contributed by atoms with E-state index in [4.69, 9.17) is 0 Å². The minimum absolute atomic E-state index is 0.686. The van der Waals surface area contributed by atoms with Gasteiger partial charge in [-0.2, -0.15) is 0 Å². The van der Waals surface area contributed by atoms with Gasteiger partial charge in [-0.3, -0.25) is 0 Å². The van der Waals surface area contributed by atoms with E-state index in [9.17, 15) is 0 Å². The molecule has 1 aromatic heterocycles. The van der Waals surface area contributed by atoms with E-state index in [0.717, 1.165) is 5.56 Å². The first-order chi connectivity index (χ1) is 8.84. The fraction of sp³-hybridized carbons (Fsp3) is 0.0714. The highest BCUT2D eigenvalue weighted by atomic mass is 15.5. The predicted molar refractivity (Wildman–Crippen MR) is 69.8 cm³/mol. The van der Waals surface area contributed by atoms with Crippen molar-refractivity contribution in [3.05, 3.63) is 54.1 Å². The number of benzene rings is 2. The largest absolute Gasteiger partial charge is 0.239 e. The smallest absolute Gasteiger partial charge is 0.179 e. The molecule has 0 bridgehead atoms. The second-order valence-corrected chi connectivity index (χ2v) is 4.14. The number of H-pyrrole nitrogens is 1. The Morgan fingerprint density at radius 2 is 1.61 bits per heavy atom. The average Bonchev–Trinajstić information content (AvgIpc) is 2.94. The van der Waals surface area contributed by atoms with Gasteiger partial charge in [0, 0.05) is 5.56 Å². The van der Waals surface area contributed by atoms with Gasteiger partial charge in [0.2, 0.25) is 0 Å². The number of nitrogens with one attached hydrogen (secondary N) is 1. The van der Waals surface area contributed by atoms with Gasteiger partial charge in [0.25, 0.3) is 0 Å². The summed E-state index contributed by atoms with van der Waals surface area (Å²) < 4.78 is 0. The third kappa shape index (κ3) is 1.88. The third-order valence-electron chi connectivity index (χ3n) is 2.96. The molecule has 3 rings (SSSR count). The van der Waals surface area contributed by atoms with Crippen molar-refractivity contribution in [2.45, 2.75) is 6.92 Å². The predicted octanol–water partition coefficient (Wildman–Crippen LogP) is 2.84. The molecule has 0 spiro atoms. The van der Waals surface area contributed by atoms with Crippen molar-refractivity contribution >= 4 is 0 Å². The van der Waals surface area contributed by atoms with Crippen LogP contribution in [0.2, 0.25) is 0 Å². The number of aromatic amines is 1. The number of hydrogen-bond donors (Lipinski definition) is 1. The van der Waals surface area contributed by atoms with Gasteiger partial charge >= 0.3 is 0 Å². The van der Waals surface area contributed by atoms with Crippen LogP contribution >= 0.6 is 0 Å². The third-order valence-corrected chi connectivity index (χ3v) is 2.96. The zero-order valence-electron chi connectivity index (χ0n) is 9.96. The van der Waals surface area contributed by atoms with Crippen LogP contribution in [0.3, 0.4) is 0 Å². The molecule has 1 N–H and O–H groups in total. The van der Waals surface area contributed by atoms with Crippen LogP contribution in [0, 0.1) is 6.92 Å². The van der Waals surface area contributed by atoms with Gasteiger partial charge < -0.3 is 0 Å². The summed E-state index contributed by atoms with van der Waals surface area (Å²) in [4.78, 5) is 0. The van der Waals surface area contributed by atoms with Crippen LogP contribution in [0.1, 0.15) is 5.56 Å². The molecule has 0 amide bonds. The Labute approximate surface area is 105 Å². The first kappa shape index (κ1) is 10.7. The van der Waals surface area contributed by atoms with E-state index in [-0.39, 0.29) is 0 Å². The fourth-order valence-electron chi connectivity index (χ4n) is 1.99. The molecule has 88 valence electrons. The highest BCUT2D eigenvalue weighted by molar-refractivity contribution is 5.69. The van der Waals surface area contributed by atoms with E-state index in [0.29, 0.717) is 5.82 Å². The normalized spacial score (nSPS) is 10.5. The molecule has 0 saturated carbocycles. The van der Waals surface area contributed by atoms with E-state index < -0.39 is 0 Å². The van der Waals surface area contributed by atoms with E-state index in [1.165, 1.54) is 16.7 Å². The van der Waals surface area contributed by atoms with E-state index in [2.05, 4.69) is 57.9 Å². The molecule has 0 saturated heterocycles. The second kappa shape index (κ2) is 4.41. The van der Waals surface area contributed by atoms with E-state index >= 15 is 0 Å². The Kier molecular flexibility index (Phi) is 2.61. The van der Waals surface area contributed by atoms with Gasteiger partial charge in [0.15, 0.2) is 5.82 Å². The molecule has 2 aromatic carbocycles. The van der Waals surface area contributed by atoms with E-state index in [1.807, 2.05) is 18.2 Å². The standard InChI is InChI=1S/C14H12N4/c1-10-4-2-3-5-13(10)11-6-8-12(9-7-11)14-15-17-18-16-14/h2-9H,1H3,(H,15,16,17,18). The molecule has 0 aliphatic heterocycles. The Balaban J connectivity index is 1.99. The molecule has 1 heterocycles. The maximum atomic E-state index is 3.89. The molecule has 0 aliphatic carbocycles. The molecule has 3 aromatic rings. The van der Waals surface area contributed by atoms with Gasteiger partial charge in [-0.05, 0) is 34.0 Å². The van der Waals surface area contributed by atoms with Crippen LogP contribution < -0.4 is 0 Å². The zero-order valence-corrected chi connectivity index (χ0v) is 9.96. The van der Waals surface area contributed by atoms with Crippen molar-refractivity contribution in [3.63, 3.8) is 0 Å². The number of hydrogen-bond acceptors (Lipinski definition) is 3. The van der Waals surface area contributed by atoms with Gasteiger partial charge in [-0.25, -0.2) is 5.10 Å². The fourth-order valence-corrected chi connectivity index (χ4v) is 1.99. The summed E-state index contributed by atoms with van der Waals surface area (Å²) in [6.07, 6.45) is 0. The molecular weight excluding hydrogens is 224 g/mol. The Bertz CT molecular complexity index is 642. The van der Waals surface area contributed by atoms with Gasteiger partial charge in [-0.15, -0.1) is 5.10 Å². The van der Waals surface area contributed by atoms with Crippen molar-refractivity contribution in [3.8, 4) is 22.5 Å². The molecule has 4 nitrogen and oxygen atoms in total. The average molecular weight is 236 g/mol. The SMILES string of the molecule is Cc1ccccc1-c1ccc(-c2nnn[nH]2)cc1. The quantitative estimate of drug-likeness (QED) is 0.744. The molecular formula is C14H12N4. The highest BCUT2D eigenvalue weighted by Gasteiger charge is 2.04. The lowest BCUT2D eigenvalue weighted by Crippen LogP contribution is -1.84. The first-order valence-electron chi connectivity index (χ1n) is 5.75. The molecule has 0 aliphatic rings. The molecule has 0 fully saturated rings. The lowest BCUT2D eigenvalue weighted by atomic mass is 9.99. The Hall–Kier alpha value is -2.49. The lowest BCUT2D eigenvalue weighted by molar-refractivity contribution is 0.881. The maximum Gasteiger partial charge on any atom is 0.179 e. The second-order valence-electron chi connectivity index (χ2n) is 4.14. The molecule has 4 heteroatoms. The Morgan fingerprint density at radius 3 is 2.28 bits per heavy atom. The van der Waals surface area contributed by atoms with Gasteiger partial charge in [0.05, 0.1) is 0 Å². The van der Waals surface area contributed by atoms with Crippen molar-refractivity contribution in [1.29, 1.82) is 0 Å². The first-order valence-corrected chi connectivity index (χ1v) is 5.75. The molecule has 0 unspecified atom stereocenters. The number of aryl methyl sites for hydroxylation is 1. The summed E-state index contributed by atoms with van der Waals surface area (Å²) in [5.74, 6) is 0.686. The molecule has 0 radical (unpaired) electrons. The summed E-state index contributed by atoms with van der Waals surface area (Å²) in [6.45, 7) is 2.11. The minimum atomic E-state index is 0.686. The van der Waals surface area contributed by atoms with Crippen LogP contribution in [-0.2, 0) is 0 Å². The number of nitrogens with zero attached hydrogens (tertiary/aromatic N) is 3. The van der Waals surface area contributed by atoms with Crippen LogP contribution in [0.15, 0.2) is 48.5 Å². The van der Waals surface area contributed by atoms with Crippen LogP contribution in [-0.4, -0.2) is 20.6 Å². The summed E-state index contributed by atoms with van der Waals surface area (Å²) in [5.41, 5.74) is 4.70. The van der Waals surface area contributed by atoms with E-state index in [1.54, 1.807) is 0 Å². The van der Waals surface area contributed by atoms with Crippen LogP contribution in [0.4, 0.5) is 0 Å². The zero-order chi connectivity index (χ0) is 12.4. The van der Waals surface area contributed by atoms with Crippen LogP contribution in [0.5, 0.6) is 0 Å². The Morgan fingerprint density at radius 1 is 0.889 bits per heavy atom. The minimum Gasteiger partial charge on any atom is -0.239 e. The van der Waals surface area contributed by atoms with Crippen LogP contribution in [0.25, 0.3) is 22.5 Å². The van der Waals surface area contributed by atoms with Gasteiger partial charge in [0.1, 0.15) is 0 Å². The summed E-state index contributed by atoms with van der Waals surface area (Å²) in [7, 11) is 0. The summed E-state index contributed by atoms with van der Waals surface area (Å²) in [6, 6.07) is 16.5. The maximum absolute atomic E-state index is 3.89. The topological polar surface area (TPSA) is 54.5 Å². The van der Waals surface area contributed by atoms with Crippen molar-refractivity contribution < 1.29 is 0 Å². The molecule has 0 atom stereocenters. The molecule has 18 heavy (non-hydrogen) atoms. The number of tetrazole rings is 1. The highest BCUT2D eigenvalue weighted by Crippen LogP contribution is 2.25.